The fourth-order valence-corrected chi connectivity index (χ4v) is 5.61. The van der Waals surface area contributed by atoms with Gasteiger partial charge in [-0.2, -0.15) is 5.84 Å². The van der Waals surface area contributed by atoms with Crippen LogP contribution in [0, 0.1) is 0 Å². The van der Waals surface area contributed by atoms with E-state index in [1.165, 1.54) is 89.9 Å². The van der Waals surface area contributed by atoms with Crippen LogP contribution < -0.4 is 5.84 Å². The van der Waals surface area contributed by atoms with Gasteiger partial charge in [0.1, 0.15) is 0 Å². The third kappa shape index (κ3) is 18.8. The summed E-state index contributed by atoms with van der Waals surface area (Å²) in [7, 11) is -0.869. The van der Waals surface area contributed by atoms with Crippen molar-refractivity contribution in [1.29, 1.82) is 0 Å². The van der Waals surface area contributed by atoms with Crippen LogP contribution in [0.2, 0.25) is 0 Å². The second-order valence-corrected chi connectivity index (χ2v) is 11.2. The number of quaternary nitrogens is 1. The molecule has 6 heteroatoms. The largest absolute Gasteiger partial charge is 0.330 e. The zero-order valence-corrected chi connectivity index (χ0v) is 21.7. The summed E-state index contributed by atoms with van der Waals surface area (Å²) in [5, 5.41) is 0. The van der Waals surface area contributed by atoms with Crippen molar-refractivity contribution in [2.24, 2.45) is 5.84 Å². The maximum atomic E-state index is 12.5. The molecule has 0 aromatic carbocycles. The molecule has 0 aliphatic carbocycles. The van der Waals surface area contributed by atoms with Crippen molar-refractivity contribution in [3.63, 3.8) is 0 Å². The highest BCUT2D eigenvalue weighted by molar-refractivity contribution is 7.53. The predicted molar refractivity (Wildman–Crippen MR) is 131 cm³/mol. The normalized spacial score (nSPS) is 14.2. The van der Waals surface area contributed by atoms with E-state index in [0.29, 0.717) is 24.0 Å². The van der Waals surface area contributed by atoms with Crippen LogP contribution in [0.3, 0.4) is 0 Å². The van der Waals surface area contributed by atoms with Crippen LogP contribution in [-0.2, 0) is 13.6 Å². The molecule has 0 heterocycles. The number of rotatable bonds is 23. The summed E-state index contributed by atoms with van der Waals surface area (Å²) in [6, 6.07) is 0. The van der Waals surface area contributed by atoms with Crippen molar-refractivity contribution in [2.45, 2.75) is 117 Å². The first-order chi connectivity index (χ1) is 14.4. The molecule has 182 valence electrons. The summed E-state index contributed by atoms with van der Waals surface area (Å²) in [5.41, 5.74) is 0. The first-order valence-corrected chi connectivity index (χ1v) is 14.6. The van der Waals surface area contributed by atoms with Gasteiger partial charge in [0.05, 0.1) is 39.5 Å². The zero-order valence-electron chi connectivity index (χ0n) is 20.8. The second kappa shape index (κ2) is 19.7. The van der Waals surface area contributed by atoms with Gasteiger partial charge in [0.2, 0.25) is 0 Å². The van der Waals surface area contributed by atoms with Crippen LogP contribution in [0.1, 0.15) is 117 Å². The zero-order chi connectivity index (χ0) is 22.6. The van der Waals surface area contributed by atoms with Crippen LogP contribution in [0.15, 0.2) is 0 Å². The van der Waals surface area contributed by atoms with Gasteiger partial charge in [-0.25, -0.2) is 0 Å². The van der Waals surface area contributed by atoms with Crippen molar-refractivity contribution in [3.8, 4) is 0 Å². The minimum atomic E-state index is -2.93. The predicted octanol–water partition coefficient (Wildman–Crippen LogP) is 7.44. The van der Waals surface area contributed by atoms with E-state index in [1.807, 2.05) is 13.8 Å². The molecule has 1 atom stereocenters. The molecule has 5 nitrogen and oxygen atoms in total. The van der Waals surface area contributed by atoms with Crippen molar-refractivity contribution in [2.75, 3.05) is 39.5 Å². The molecule has 0 rings (SSSR count). The van der Waals surface area contributed by atoms with Crippen LogP contribution in [-0.4, -0.2) is 44.1 Å². The number of nitrogens with zero attached hydrogens (tertiary/aromatic N) is 1. The molecule has 0 aliphatic rings. The Hall–Kier alpha value is 0.0700. The van der Waals surface area contributed by atoms with Gasteiger partial charge in [-0.05, 0) is 26.7 Å². The van der Waals surface area contributed by atoms with E-state index >= 15 is 0 Å². The number of hydrogen-bond donors (Lipinski definition) is 1. The minimum absolute atomic E-state index is 0.422. The second-order valence-electron chi connectivity index (χ2n) is 9.05. The highest BCUT2D eigenvalue weighted by Crippen LogP contribution is 2.48. The summed E-state index contributed by atoms with van der Waals surface area (Å²) in [6.07, 6.45) is 20.4. The van der Waals surface area contributed by atoms with Gasteiger partial charge in [-0.3, -0.25) is 9.16 Å². The van der Waals surface area contributed by atoms with Crippen molar-refractivity contribution in [3.05, 3.63) is 0 Å². The SMILES string of the molecule is CCCCCCCCCCCCCCCC[N+](C)(N)CCCP(=O)(OCC)OCC. The molecule has 0 aliphatic heterocycles. The van der Waals surface area contributed by atoms with Crippen molar-refractivity contribution >= 4 is 7.60 Å². The lowest BCUT2D eigenvalue weighted by Crippen LogP contribution is -2.52. The van der Waals surface area contributed by atoms with Gasteiger partial charge in [0, 0.05) is 6.42 Å². The molecule has 0 saturated heterocycles. The van der Waals surface area contributed by atoms with Gasteiger partial charge < -0.3 is 9.05 Å². The van der Waals surface area contributed by atoms with E-state index in [1.54, 1.807) is 0 Å². The Balaban J connectivity index is 3.58. The average molecular weight is 450 g/mol. The molecular weight excluding hydrogens is 395 g/mol. The summed E-state index contributed by atoms with van der Waals surface area (Å²) in [5.74, 6) is 6.41. The van der Waals surface area contributed by atoms with E-state index in [2.05, 4.69) is 14.0 Å². The molecule has 0 spiro atoms. The first kappa shape index (κ1) is 30.1. The molecular formula is C24H54N2O3P+. The lowest BCUT2D eigenvalue weighted by molar-refractivity contribution is -0.921. The smallest absolute Gasteiger partial charge is 0.309 e. The Morgan fingerprint density at radius 3 is 1.40 bits per heavy atom. The molecule has 0 fully saturated rings. The number of hydrogen-bond acceptors (Lipinski definition) is 4. The maximum Gasteiger partial charge on any atom is 0.330 e. The quantitative estimate of drug-likeness (QED) is 0.0578. The van der Waals surface area contributed by atoms with E-state index in [-0.39, 0.29) is 0 Å². The van der Waals surface area contributed by atoms with Gasteiger partial charge in [-0.1, -0.05) is 84.0 Å². The first-order valence-electron chi connectivity index (χ1n) is 12.9. The molecule has 0 bridgehead atoms. The van der Waals surface area contributed by atoms with Crippen LogP contribution in [0.4, 0.5) is 0 Å². The Morgan fingerprint density at radius 1 is 0.633 bits per heavy atom. The summed E-state index contributed by atoms with van der Waals surface area (Å²) < 4.78 is 23.7. The lowest BCUT2D eigenvalue weighted by Gasteiger charge is -2.28. The van der Waals surface area contributed by atoms with Crippen molar-refractivity contribution < 1.29 is 18.2 Å². The van der Waals surface area contributed by atoms with Crippen LogP contribution >= 0.6 is 7.60 Å². The Kier molecular flexibility index (Phi) is 19.8. The van der Waals surface area contributed by atoms with E-state index in [4.69, 9.17) is 14.9 Å². The molecule has 0 aromatic heterocycles. The number of unbranched alkanes of at least 4 members (excludes halogenated alkanes) is 13. The number of nitrogens with two attached hydrogens (primary N) is 1. The Bertz CT molecular complexity index is 409. The lowest BCUT2D eigenvalue weighted by atomic mass is 10.0. The Morgan fingerprint density at radius 2 is 1.00 bits per heavy atom. The highest BCUT2D eigenvalue weighted by atomic mass is 31.2. The topological polar surface area (TPSA) is 61.6 Å². The molecule has 2 N–H and O–H groups in total. The summed E-state index contributed by atoms with van der Waals surface area (Å²) >= 11 is 0. The van der Waals surface area contributed by atoms with Gasteiger partial charge >= 0.3 is 7.60 Å². The average Bonchev–Trinajstić information content (AvgIpc) is 2.68. The monoisotopic (exact) mass is 449 g/mol. The minimum Gasteiger partial charge on any atom is -0.309 e. The van der Waals surface area contributed by atoms with Crippen molar-refractivity contribution in [1.82, 2.24) is 0 Å². The fourth-order valence-electron chi connectivity index (χ4n) is 3.96. The standard InChI is InChI=1S/C24H54N2O3P/c1-5-8-9-10-11-12-13-14-15-16-17-18-19-20-22-26(4,25)23-21-24-30(27,28-6-2)29-7-3/h5-25H2,1-4H3/q+1. The molecule has 0 radical (unpaired) electrons. The van der Waals surface area contributed by atoms with Crippen LogP contribution in [0.25, 0.3) is 0 Å². The summed E-state index contributed by atoms with van der Waals surface area (Å²) in [6.45, 7) is 8.61. The van der Waals surface area contributed by atoms with Gasteiger partial charge in [0.15, 0.2) is 0 Å². The fraction of sp³-hybridized carbons (Fsp3) is 1.00. The Labute approximate surface area is 188 Å². The van der Waals surface area contributed by atoms with E-state index in [9.17, 15) is 4.57 Å². The van der Waals surface area contributed by atoms with Gasteiger partial charge in [-0.15, -0.1) is 0 Å². The third-order valence-electron chi connectivity index (χ3n) is 5.77. The molecule has 30 heavy (non-hydrogen) atoms. The van der Waals surface area contributed by atoms with Crippen LogP contribution in [0.5, 0.6) is 0 Å². The highest BCUT2D eigenvalue weighted by Gasteiger charge is 2.25. The molecule has 0 aromatic rings. The molecule has 1 unspecified atom stereocenters. The third-order valence-corrected chi connectivity index (χ3v) is 7.94. The molecule has 0 amide bonds. The van der Waals surface area contributed by atoms with Gasteiger partial charge in [0.25, 0.3) is 0 Å². The maximum absolute atomic E-state index is 12.5. The summed E-state index contributed by atoms with van der Waals surface area (Å²) in [4.78, 5) is 0. The molecule has 0 saturated carbocycles. The van der Waals surface area contributed by atoms with E-state index in [0.717, 1.165) is 19.5 Å². The van der Waals surface area contributed by atoms with E-state index < -0.39 is 7.60 Å².